The molecule has 2 nitrogen and oxygen atoms in total. The summed E-state index contributed by atoms with van der Waals surface area (Å²) >= 11 is 0. The first-order valence-electron chi connectivity index (χ1n) is 10.5. The van der Waals surface area contributed by atoms with E-state index in [4.69, 9.17) is 9.47 Å². The molecule has 0 unspecified atom stereocenters. The average molecular weight is 453 g/mol. The van der Waals surface area contributed by atoms with Gasteiger partial charge in [0, 0.05) is 7.11 Å². The van der Waals surface area contributed by atoms with Crippen molar-refractivity contribution in [3.63, 3.8) is 0 Å². The van der Waals surface area contributed by atoms with Gasteiger partial charge < -0.3 is 22.4 Å². The second-order valence-corrected chi connectivity index (χ2v) is 14.4. The van der Waals surface area contributed by atoms with Crippen LogP contribution in [0.3, 0.4) is 0 Å². The molecule has 0 saturated carbocycles. The van der Waals surface area contributed by atoms with E-state index in [0.717, 1.165) is 6.07 Å². The first kappa shape index (κ1) is 25.3. The molecule has 0 heterocycles. The van der Waals surface area contributed by atoms with Gasteiger partial charge in [0.15, 0.2) is 6.79 Å². The summed E-state index contributed by atoms with van der Waals surface area (Å²) in [5.74, 6) is 2.17. The van der Waals surface area contributed by atoms with Crippen LogP contribution in [0.15, 0.2) is 24.3 Å². The van der Waals surface area contributed by atoms with Crippen LogP contribution in [0.5, 0.6) is 5.75 Å². The van der Waals surface area contributed by atoms with Crippen LogP contribution in [0, 0.1) is 17.3 Å². The lowest BCUT2D eigenvalue weighted by molar-refractivity contribution is 0.0512. The summed E-state index contributed by atoms with van der Waals surface area (Å²) in [6.45, 7) is 7.00. The molecule has 0 radical (unpaired) electrons. The van der Waals surface area contributed by atoms with Gasteiger partial charge in [0.1, 0.15) is 19.6 Å². The van der Waals surface area contributed by atoms with Crippen LogP contribution in [-0.4, -0.2) is 29.0 Å². The molecule has 0 aliphatic carbocycles. The Hall–Kier alpha value is -1.98. The topological polar surface area (TPSA) is 18.5 Å². The fraction of sp³-hybridized carbons (Fsp3) is 0.478. The number of ether oxygens (including phenoxy) is 2. The predicted octanol–water partition coefficient (Wildman–Crippen LogP) is 6.59. The van der Waals surface area contributed by atoms with Gasteiger partial charge in [0.2, 0.25) is 0 Å². The van der Waals surface area contributed by atoms with Crippen LogP contribution in [-0.2, 0) is 4.74 Å². The van der Waals surface area contributed by atoms with E-state index in [-0.39, 0.29) is 45.5 Å². The van der Waals surface area contributed by atoms with Gasteiger partial charge in [-0.25, -0.2) is 4.39 Å². The molecule has 0 aliphatic heterocycles. The van der Waals surface area contributed by atoms with Crippen molar-refractivity contribution in [1.29, 1.82) is 0 Å². The summed E-state index contributed by atoms with van der Waals surface area (Å²) in [5.41, 5.74) is 3.08. The smallest absolute Gasteiger partial charge is 0.468 e. The molecule has 2 rings (SSSR count). The van der Waals surface area contributed by atoms with E-state index >= 15 is 0 Å². The minimum atomic E-state index is -5.42. The molecule has 31 heavy (non-hydrogen) atoms. The average Bonchev–Trinajstić information content (AvgIpc) is 2.66. The molecule has 8 heteroatoms. The zero-order chi connectivity index (χ0) is 23.6. The van der Waals surface area contributed by atoms with Crippen LogP contribution in [0.1, 0.15) is 47.1 Å². The van der Waals surface area contributed by atoms with Gasteiger partial charge >= 0.3 is 6.98 Å². The summed E-state index contributed by atoms with van der Waals surface area (Å²) in [5, 5.41) is 0.0309. The van der Waals surface area contributed by atoms with E-state index in [0.29, 0.717) is 0 Å². The number of hydrogen-bond acceptors (Lipinski definition) is 2. The Balaban J connectivity index is 2.86. The number of hydrogen-bond donors (Lipinski definition) is 0. The van der Waals surface area contributed by atoms with E-state index in [1.54, 1.807) is 0 Å². The third kappa shape index (κ3) is 5.10. The van der Waals surface area contributed by atoms with E-state index in [1.165, 1.54) is 25.3 Å². The highest BCUT2D eigenvalue weighted by Gasteiger charge is 2.41. The largest absolute Gasteiger partial charge is 0.510 e. The molecular weight excluding hydrogens is 423 g/mol. The van der Waals surface area contributed by atoms with E-state index < -0.39 is 26.3 Å². The second-order valence-electron chi connectivity index (χ2n) is 8.81. The van der Waals surface area contributed by atoms with Gasteiger partial charge in [-0.1, -0.05) is 59.0 Å². The fourth-order valence-electron chi connectivity index (χ4n) is 4.64. The minimum Gasteiger partial charge on any atom is -0.468 e. The third-order valence-corrected chi connectivity index (χ3v) is 12.3. The quantitative estimate of drug-likeness (QED) is 0.204. The molecule has 2 aromatic carbocycles. The highest BCUT2D eigenvalue weighted by molar-refractivity contribution is 6.90. The van der Waals surface area contributed by atoms with Crippen molar-refractivity contribution in [3.05, 3.63) is 35.6 Å². The van der Waals surface area contributed by atoms with E-state index in [1.807, 2.05) is 0 Å². The van der Waals surface area contributed by atoms with Gasteiger partial charge in [0.05, 0.1) is 5.56 Å². The number of methoxy groups -OCH3 is 1. The van der Waals surface area contributed by atoms with Gasteiger partial charge in [-0.15, -0.1) is 5.54 Å². The van der Waals surface area contributed by atoms with Gasteiger partial charge in [-0.2, -0.15) is 0 Å². The lowest BCUT2D eigenvalue weighted by atomic mass is 9.75. The zero-order valence-corrected chi connectivity index (χ0v) is 20.2. The van der Waals surface area contributed by atoms with Crippen LogP contribution in [0.4, 0.5) is 17.3 Å². The molecule has 0 aromatic heterocycles. The molecule has 0 N–H and O–H groups in total. The Morgan fingerprint density at radius 2 is 1.55 bits per heavy atom. The van der Waals surface area contributed by atoms with Crippen molar-refractivity contribution in [1.82, 2.24) is 0 Å². The minimum absolute atomic E-state index is 0.0179. The molecule has 0 fully saturated rings. The number of fused-ring (bicyclic) bond motifs is 1. The van der Waals surface area contributed by atoms with Crippen molar-refractivity contribution < 1.29 is 26.8 Å². The van der Waals surface area contributed by atoms with Crippen molar-refractivity contribution in [3.8, 4) is 17.2 Å². The van der Waals surface area contributed by atoms with Crippen LogP contribution in [0.25, 0.3) is 10.8 Å². The highest BCUT2D eigenvalue weighted by Crippen LogP contribution is 2.41. The zero-order valence-electron chi connectivity index (χ0n) is 19.2. The monoisotopic (exact) mass is 453 g/mol. The molecule has 0 aliphatic rings. The Bertz CT molecular complexity index is 969. The lowest BCUT2D eigenvalue weighted by Gasteiger charge is -2.38. The van der Waals surface area contributed by atoms with Gasteiger partial charge in [0.25, 0.3) is 0 Å². The molecule has 0 amide bonds. The SMILES string of the molecule is COCOc1cc([B-](F)(F)F)c2c(C#C[Si](C(C)C)(C(C)C)C(C)C)c(F)ccc2c1. The van der Waals surface area contributed by atoms with Gasteiger partial charge in [-0.05, 0) is 45.6 Å². The second kappa shape index (κ2) is 9.66. The van der Waals surface area contributed by atoms with Gasteiger partial charge in [-0.3, -0.25) is 0 Å². The fourth-order valence-corrected chi connectivity index (χ4v) is 9.85. The maximum atomic E-state index is 14.9. The summed E-state index contributed by atoms with van der Waals surface area (Å²) in [6, 6.07) is 4.87. The van der Waals surface area contributed by atoms with Crippen LogP contribution in [0.2, 0.25) is 16.6 Å². The van der Waals surface area contributed by atoms with E-state index in [9.17, 15) is 17.3 Å². The molecular formula is C23H30BF4O2Si-. The summed E-state index contributed by atoms with van der Waals surface area (Å²) in [4.78, 5) is 0. The first-order chi connectivity index (χ1) is 14.4. The molecule has 170 valence electrons. The Kier molecular flexibility index (Phi) is 7.88. The summed E-state index contributed by atoms with van der Waals surface area (Å²) in [6.07, 6.45) is 0. The standard InChI is InChI=1S/C23H30BF4O2Si/c1-15(2)31(16(3)4,17(5)6)11-10-20-22(25)9-8-18-12-19(30-14-29-7)13-21(23(18)20)24(26,27)28/h8-9,12-13,15-17H,14H2,1-7H3/q-1. The molecule has 0 saturated heterocycles. The molecule has 0 spiro atoms. The number of rotatable bonds is 7. The number of benzene rings is 2. The highest BCUT2D eigenvalue weighted by atomic mass is 28.3. The Labute approximate surface area is 183 Å². The Morgan fingerprint density at radius 1 is 0.968 bits per heavy atom. The van der Waals surface area contributed by atoms with Crippen molar-refractivity contribution in [2.75, 3.05) is 13.9 Å². The predicted molar refractivity (Wildman–Crippen MR) is 123 cm³/mol. The third-order valence-electron chi connectivity index (χ3n) is 6.04. The Morgan fingerprint density at radius 3 is 2.03 bits per heavy atom. The maximum Gasteiger partial charge on any atom is 0.510 e. The summed E-state index contributed by atoms with van der Waals surface area (Å²) < 4.78 is 66.9. The number of halogens is 4. The molecule has 2 aromatic rings. The maximum absolute atomic E-state index is 14.9. The lowest BCUT2D eigenvalue weighted by Crippen LogP contribution is -2.43. The molecule has 0 bridgehead atoms. The van der Waals surface area contributed by atoms with Crippen LogP contribution >= 0.6 is 0 Å². The first-order valence-corrected chi connectivity index (χ1v) is 12.7. The van der Waals surface area contributed by atoms with Crippen molar-refractivity contribution >= 4 is 31.3 Å². The van der Waals surface area contributed by atoms with E-state index in [2.05, 4.69) is 53.0 Å². The normalized spacial score (nSPS) is 12.6. The molecule has 0 atom stereocenters. The summed E-state index contributed by atoms with van der Waals surface area (Å²) in [7, 11) is -0.876. The van der Waals surface area contributed by atoms with Crippen molar-refractivity contribution in [2.24, 2.45) is 0 Å². The van der Waals surface area contributed by atoms with Crippen LogP contribution < -0.4 is 10.2 Å². The van der Waals surface area contributed by atoms with Crippen molar-refractivity contribution in [2.45, 2.75) is 58.2 Å².